The van der Waals surface area contributed by atoms with Crippen molar-refractivity contribution >= 4 is 17.4 Å². The van der Waals surface area contributed by atoms with Crippen molar-refractivity contribution in [3.8, 4) is 23.0 Å². The molecule has 7 heteroatoms. The van der Waals surface area contributed by atoms with Crippen molar-refractivity contribution < 1.29 is 28.9 Å². The smallest absolute Gasteiger partial charge is 0.221 e. The summed E-state index contributed by atoms with van der Waals surface area (Å²) in [6.07, 6.45) is 0. The van der Waals surface area contributed by atoms with Crippen LogP contribution in [0, 0.1) is 0 Å². The van der Waals surface area contributed by atoms with Gasteiger partial charge in [-0.25, -0.2) is 0 Å². The van der Waals surface area contributed by atoms with Crippen LogP contribution in [0.5, 0.6) is 23.0 Å². The lowest BCUT2D eigenvalue weighted by Gasteiger charge is -2.15. The number of benzene rings is 2. The topological polar surface area (TPSA) is 94.1 Å². The van der Waals surface area contributed by atoms with E-state index in [0.717, 1.165) is 0 Å². The minimum atomic E-state index is -0.400. The third-order valence-electron chi connectivity index (χ3n) is 3.52. The van der Waals surface area contributed by atoms with E-state index in [-0.39, 0.29) is 34.2 Å². The normalized spacial score (nSPS) is 10.1. The molecule has 132 valence electrons. The van der Waals surface area contributed by atoms with Gasteiger partial charge in [0.25, 0.3) is 0 Å². The lowest BCUT2D eigenvalue weighted by Crippen LogP contribution is -2.12. The van der Waals surface area contributed by atoms with E-state index in [9.17, 15) is 14.7 Å². The number of anilines is 1. The summed E-state index contributed by atoms with van der Waals surface area (Å²) in [4.78, 5) is 24.3. The lowest BCUT2D eigenvalue weighted by molar-refractivity contribution is -0.114. The van der Waals surface area contributed by atoms with Gasteiger partial charge >= 0.3 is 0 Å². The first-order valence-corrected chi connectivity index (χ1v) is 7.36. The second-order valence-corrected chi connectivity index (χ2v) is 5.15. The van der Waals surface area contributed by atoms with Gasteiger partial charge in [0.05, 0.1) is 32.6 Å². The molecular weight excluding hydrogens is 326 g/mol. The molecule has 0 spiro atoms. The second kappa shape index (κ2) is 7.57. The molecule has 0 saturated carbocycles. The molecule has 0 saturated heterocycles. The summed E-state index contributed by atoms with van der Waals surface area (Å²) < 4.78 is 15.4. The molecule has 2 aromatic carbocycles. The number of phenols is 1. The zero-order valence-corrected chi connectivity index (χ0v) is 14.4. The fraction of sp³-hybridized carbons (Fsp3) is 0.222. The Hall–Kier alpha value is -3.22. The van der Waals surface area contributed by atoms with Crippen LogP contribution < -0.4 is 19.5 Å². The lowest BCUT2D eigenvalue weighted by atomic mass is 10.00. The van der Waals surface area contributed by atoms with Crippen molar-refractivity contribution in [3.63, 3.8) is 0 Å². The fourth-order valence-electron chi connectivity index (χ4n) is 2.35. The van der Waals surface area contributed by atoms with E-state index in [2.05, 4.69) is 5.32 Å². The SMILES string of the molecule is COc1ccc(C(=O)c2cc(OC)c(OC)cc2NC(C)=O)cc1O. The zero-order chi connectivity index (χ0) is 18.6. The first-order chi connectivity index (χ1) is 11.9. The quantitative estimate of drug-likeness (QED) is 0.782. The van der Waals surface area contributed by atoms with Crippen molar-refractivity contribution in [3.05, 3.63) is 41.5 Å². The monoisotopic (exact) mass is 345 g/mol. The highest BCUT2D eigenvalue weighted by atomic mass is 16.5. The van der Waals surface area contributed by atoms with Gasteiger partial charge < -0.3 is 24.6 Å². The standard InChI is InChI=1S/C18H19NO6/c1-10(20)19-13-9-17(25-4)16(24-3)8-12(13)18(22)11-5-6-15(23-2)14(21)7-11/h5-9,21H,1-4H3,(H,19,20). The van der Waals surface area contributed by atoms with Crippen LogP contribution in [0.1, 0.15) is 22.8 Å². The molecule has 0 unspecified atom stereocenters. The summed E-state index contributed by atoms with van der Waals surface area (Å²) in [5.74, 6) is 0.0837. The highest BCUT2D eigenvalue weighted by molar-refractivity contribution is 6.14. The molecule has 0 fully saturated rings. The van der Waals surface area contributed by atoms with E-state index in [1.54, 1.807) is 0 Å². The van der Waals surface area contributed by atoms with Crippen molar-refractivity contribution in [2.24, 2.45) is 0 Å². The summed E-state index contributed by atoms with van der Waals surface area (Å²) in [6.45, 7) is 1.34. The van der Waals surface area contributed by atoms with Crippen LogP contribution >= 0.6 is 0 Å². The molecule has 7 nitrogen and oxygen atoms in total. The number of rotatable bonds is 6. The zero-order valence-electron chi connectivity index (χ0n) is 14.4. The molecule has 0 heterocycles. The number of hydrogen-bond acceptors (Lipinski definition) is 6. The Bertz CT molecular complexity index is 815. The average molecular weight is 345 g/mol. The van der Waals surface area contributed by atoms with E-state index >= 15 is 0 Å². The van der Waals surface area contributed by atoms with Gasteiger partial charge in [-0.2, -0.15) is 0 Å². The van der Waals surface area contributed by atoms with Gasteiger partial charge in [-0.3, -0.25) is 9.59 Å². The molecule has 0 aliphatic heterocycles. The molecule has 0 aliphatic rings. The summed E-state index contributed by atoms with van der Waals surface area (Å²) in [5.41, 5.74) is 0.722. The van der Waals surface area contributed by atoms with E-state index in [1.807, 2.05) is 0 Å². The summed E-state index contributed by atoms with van der Waals surface area (Å²) >= 11 is 0. The Balaban J connectivity index is 2.56. The highest BCUT2D eigenvalue weighted by Gasteiger charge is 2.20. The van der Waals surface area contributed by atoms with Gasteiger partial charge in [-0.15, -0.1) is 0 Å². The van der Waals surface area contributed by atoms with E-state index in [0.29, 0.717) is 11.5 Å². The molecule has 0 aromatic heterocycles. The number of aromatic hydroxyl groups is 1. The number of methoxy groups -OCH3 is 3. The van der Waals surface area contributed by atoms with Crippen LogP contribution in [0.3, 0.4) is 0 Å². The second-order valence-electron chi connectivity index (χ2n) is 5.15. The minimum absolute atomic E-state index is 0.157. The van der Waals surface area contributed by atoms with Crippen LogP contribution in [-0.2, 0) is 4.79 Å². The van der Waals surface area contributed by atoms with Crippen LogP contribution in [0.15, 0.2) is 30.3 Å². The fourth-order valence-corrected chi connectivity index (χ4v) is 2.35. The summed E-state index contributed by atoms with van der Waals surface area (Å²) in [7, 11) is 4.32. The largest absolute Gasteiger partial charge is 0.504 e. The number of hydrogen-bond donors (Lipinski definition) is 2. The van der Waals surface area contributed by atoms with Gasteiger partial charge in [0.2, 0.25) is 5.91 Å². The van der Waals surface area contributed by atoms with Crippen LogP contribution in [-0.4, -0.2) is 38.1 Å². The molecule has 25 heavy (non-hydrogen) atoms. The van der Waals surface area contributed by atoms with Gasteiger partial charge in [0.1, 0.15) is 0 Å². The molecule has 0 aliphatic carbocycles. The van der Waals surface area contributed by atoms with Gasteiger partial charge in [-0.05, 0) is 24.3 Å². The Morgan fingerprint density at radius 3 is 2.04 bits per heavy atom. The Morgan fingerprint density at radius 2 is 1.52 bits per heavy atom. The van der Waals surface area contributed by atoms with Crippen LogP contribution in [0.25, 0.3) is 0 Å². The summed E-state index contributed by atoms with van der Waals surface area (Å²) in [6, 6.07) is 7.30. The minimum Gasteiger partial charge on any atom is -0.504 e. The van der Waals surface area contributed by atoms with Gasteiger partial charge in [0, 0.05) is 18.6 Å². The molecule has 0 radical (unpaired) electrons. The summed E-state index contributed by atoms with van der Waals surface area (Å²) in [5, 5.41) is 12.5. The number of nitrogens with one attached hydrogen (secondary N) is 1. The van der Waals surface area contributed by atoms with Crippen molar-refractivity contribution in [2.45, 2.75) is 6.92 Å². The van der Waals surface area contributed by atoms with E-state index < -0.39 is 5.78 Å². The average Bonchev–Trinajstić information content (AvgIpc) is 2.60. The van der Waals surface area contributed by atoms with E-state index in [1.165, 1.54) is 58.6 Å². The molecule has 0 bridgehead atoms. The number of carbonyl (C=O) groups is 2. The maximum Gasteiger partial charge on any atom is 0.221 e. The number of amides is 1. The Kier molecular flexibility index (Phi) is 5.49. The first-order valence-electron chi connectivity index (χ1n) is 7.36. The highest BCUT2D eigenvalue weighted by Crippen LogP contribution is 2.35. The molecule has 2 rings (SSSR count). The number of ether oxygens (including phenoxy) is 3. The maximum absolute atomic E-state index is 12.9. The molecule has 0 atom stereocenters. The van der Waals surface area contributed by atoms with Gasteiger partial charge in [-0.1, -0.05) is 0 Å². The molecule has 1 amide bonds. The maximum atomic E-state index is 12.9. The molecular formula is C18H19NO6. The van der Waals surface area contributed by atoms with Crippen LogP contribution in [0.2, 0.25) is 0 Å². The van der Waals surface area contributed by atoms with E-state index in [4.69, 9.17) is 14.2 Å². The predicted molar refractivity (Wildman–Crippen MR) is 91.9 cm³/mol. The molecule has 2 N–H and O–H groups in total. The van der Waals surface area contributed by atoms with Crippen LogP contribution in [0.4, 0.5) is 5.69 Å². The number of ketones is 1. The number of phenolic OH excluding ortho intramolecular Hbond substituents is 1. The van der Waals surface area contributed by atoms with Crippen molar-refractivity contribution in [1.29, 1.82) is 0 Å². The first kappa shape index (κ1) is 18.1. The Labute approximate surface area is 145 Å². The third kappa shape index (κ3) is 3.82. The predicted octanol–water partition coefficient (Wildman–Crippen LogP) is 2.61. The Morgan fingerprint density at radius 1 is 0.920 bits per heavy atom. The number of carbonyl (C=O) groups excluding carboxylic acids is 2. The molecule has 2 aromatic rings. The third-order valence-corrected chi connectivity index (χ3v) is 3.52. The van der Waals surface area contributed by atoms with Crippen molar-refractivity contribution in [1.82, 2.24) is 0 Å². The van der Waals surface area contributed by atoms with Crippen molar-refractivity contribution in [2.75, 3.05) is 26.6 Å². The van der Waals surface area contributed by atoms with Gasteiger partial charge in [0.15, 0.2) is 28.8 Å².